The molecule has 0 heteroatoms. The molecule has 5 rings (SSSR count). The van der Waals surface area contributed by atoms with E-state index in [-0.39, 0.29) is 0 Å². The Labute approximate surface area is 131 Å². The van der Waals surface area contributed by atoms with Gasteiger partial charge in [-0.25, -0.2) is 0 Å². The van der Waals surface area contributed by atoms with Gasteiger partial charge >= 0.3 is 0 Å². The van der Waals surface area contributed by atoms with Gasteiger partial charge in [0.25, 0.3) is 0 Å². The van der Waals surface area contributed by atoms with Crippen molar-refractivity contribution in [2.45, 2.75) is 67.2 Å². The first-order chi connectivity index (χ1) is 9.86. The molecule has 2 spiro atoms. The smallest absolute Gasteiger partial charge is 0.0170 e. The van der Waals surface area contributed by atoms with E-state index in [4.69, 9.17) is 0 Å². The van der Waals surface area contributed by atoms with Crippen molar-refractivity contribution < 1.29 is 0 Å². The van der Waals surface area contributed by atoms with Crippen molar-refractivity contribution in [3.63, 3.8) is 0 Å². The van der Waals surface area contributed by atoms with Gasteiger partial charge in [-0.2, -0.15) is 0 Å². The van der Waals surface area contributed by atoms with Gasteiger partial charge in [0.1, 0.15) is 0 Å². The molecule has 11 unspecified atom stereocenters. The van der Waals surface area contributed by atoms with Crippen molar-refractivity contribution >= 4 is 0 Å². The number of fused-ring (bicyclic) bond motifs is 3. The molecule has 5 saturated carbocycles. The van der Waals surface area contributed by atoms with Crippen LogP contribution in [-0.2, 0) is 0 Å². The second-order valence-electron chi connectivity index (χ2n) is 10.4. The van der Waals surface area contributed by atoms with Crippen LogP contribution in [0.2, 0.25) is 0 Å². The third-order valence-electron chi connectivity index (χ3n) is 10.3. The number of rotatable bonds is 2. The van der Waals surface area contributed by atoms with Crippen LogP contribution in [0.4, 0.5) is 0 Å². The van der Waals surface area contributed by atoms with Crippen molar-refractivity contribution in [1.82, 2.24) is 0 Å². The molecule has 21 heavy (non-hydrogen) atoms. The first-order valence-corrected chi connectivity index (χ1v) is 9.86. The van der Waals surface area contributed by atoms with Crippen molar-refractivity contribution in [1.29, 1.82) is 0 Å². The van der Waals surface area contributed by atoms with E-state index >= 15 is 0 Å². The molecule has 0 aromatic carbocycles. The van der Waals surface area contributed by atoms with Gasteiger partial charge in [-0.1, -0.05) is 48.0 Å². The summed E-state index contributed by atoms with van der Waals surface area (Å²) < 4.78 is 0. The van der Waals surface area contributed by atoms with E-state index in [0.717, 1.165) is 63.6 Å². The Hall–Kier alpha value is 0. The zero-order valence-corrected chi connectivity index (χ0v) is 14.9. The lowest BCUT2D eigenvalue weighted by atomic mass is 9.70. The molecule has 118 valence electrons. The fourth-order valence-electron chi connectivity index (χ4n) is 8.91. The quantitative estimate of drug-likeness (QED) is 0.617. The van der Waals surface area contributed by atoms with Gasteiger partial charge in [-0.05, 0) is 82.9 Å². The Morgan fingerprint density at radius 1 is 0.952 bits per heavy atom. The van der Waals surface area contributed by atoms with Gasteiger partial charge < -0.3 is 0 Å². The summed E-state index contributed by atoms with van der Waals surface area (Å²) in [6.45, 7) is 15.4. The molecule has 0 aliphatic heterocycles. The average molecular weight is 287 g/mol. The minimum absolute atomic E-state index is 0.739. The molecule has 0 nitrogen and oxygen atoms in total. The minimum atomic E-state index is 0.739. The molecule has 5 aliphatic rings. The summed E-state index contributed by atoms with van der Waals surface area (Å²) in [6.07, 6.45) is 6.19. The highest BCUT2D eigenvalue weighted by Crippen LogP contribution is 2.97. The fourth-order valence-corrected chi connectivity index (χ4v) is 8.91. The van der Waals surface area contributed by atoms with Crippen LogP contribution in [-0.4, -0.2) is 0 Å². The Kier molecular flexibility index (Phi) is 2.18. The molecular formula is C21H34. The summed E-state index contributed by atoms with van der Waals surface area (Å²) in [5, 5.41) is 0. The maximum absolute atomic E-state index is 2.68. The summed E-state index contributed by atoms with van der Waals surface area (Å²) in [4.78, 5) is 0. The van der Waals surface area contributed by atoms with Gasteiger partial charge in [0.05, 0.1) is 0 Å². The van der Waals surface area contributed by atoms with Crippen LogP contribution in [0.1, 0.15) is 67.2 Å². The van der Waals surface area contributed by atoms with Gasteiger partial charge in [-0.3, -0.25) is 0 Å². The molecule has 0 amide bonds. The number of hydrogen-bond donors (Lipinski definition) is 0. The number of hydrogen-bond acceptors (Lipinski definition) is 0. The zero-order chi connectivity index (χ0) is 14.9. The third-order valence-corrected chi connectivity index (χ3v) is 10.3. The Morgan fingerprint density at radius 2 is 1.67 bits per heavy atom. The normalized spacial score (nSPS) is 73.4. The monoisotopic (exact) mass is 286 g/mol. The van der Waals surface area contributed by atoms with E-state index in [1.807, 2.05) is 0 Å². The molecule has 0 bridgehead atoms. The van der Waals surface area contributed by atoms with E-state index in [2.05, 4.69) is 41.5 Å². The molecule has 0 aromatic heterocycles. The molecule has 5 aliphatic carbocycles. The Morgan fingerprint density at radius 3 is 2.29 bits per heavy atom. The van der Waals surface area contributed by atoms with Crippen molar-refractivity contribution in [3.8, 4) is 0 Å². The van der Waals surface area contributed by atoms with Crippen molar-refractivity contribution in [2.75, 3.05) is 0 Å². The molecule has 0 saturated heterocycles. The molecule has 0 radical (unpaired) electrons. The van der Waals surface area contributed by atoms with E-state index in [1.165, 1.54) is 12.8 Å². The van der Waals surface area contributed by atoms with Crippen LogP contribution >= 0.6 is 0 Å². The van der Waals surface area contributed by atoms with Gasteiger partial charge in [0, 0.05) is 0 Å². The third kappa shape index (κ3) is 1.18. The molecule has 0 N–H and O–H groups in total. The van der Waals surface area contributed by atoms with Crippen LogP contribution in [0.3, 0.4) is 0 Å². The van der Waals surface area contributed by atoms with E-state index in [0.29, 0.717) is 0 Å². The van der Waals surface area contributed by atoms with E-state index in [9.17, 15) is 0 Å². The molecule has 0 aromatic rings. The molecule has 5 fully saturated rings. The molecule has 11 atom stereocenters. The fraction of sp³-hybridized carbons (Fsp3) is 1.00. The van der Waals surface area contributed by atoms with E-state index < -0.39 is 0 Å². The Bertz CT molecular complexity index is 508. The second kappa shape index (κ2) is 3.41. The maximum Gasteiger partial charge on any atom is -0.0170 e. The van der Waals surface area contributed by atoms with Crippen LogP contribution in [0.15, 0.2) is 0 Å². The largest absolute Gasteiger partial charge is 0.0651 e. The molecule has 0 heterocycles. The Balaban J connectivity index is 1.40. The second-order valence-corrected chi connectivity index (χ2v) is 10.4. The zero-order valence-electron chi connectivity index (χ0n) is 14.9. The van der Waals surface area contributed by atoms with Gasteiger partial charge in [-0.15, -0.1) is 0 Å². The summed E-state index contributed by atoms with van der Waals surface area (Å²) in [7, 11) is 0. The van der Waals surface area contributed by atoms with Crippen LogP contribution in [0.5, 0.6) is 0 Å². The highest BCUT2D eigenvalue weighted by Gasteiger charge is 2.92. The minimum Gasteiger partial charge on any atom is -0.0651 e. The average Bonchev–Trinajstić information content (AvgIpc) is 3.31. The van der Waals surface area contributed by atoms with Gasteiger partial charge in [0.2, 0.25) is 0 Å². The van der Waals surface area contributed by atoms with Crippen molar-refractivity contribution in [3.05, 3.63) is 0 Å². The van der Waals surface area contributed by atoms with E-state index in [1.54, 1.807) is 12.8 Å². The summed E-state index contributed by atoms with van der Waals surface area (Å²) in [5.41, 5.74) is 2.43. The summed E-state index contributed by atoms with van der Waals surface area (Å²) >= 11 is 0. The lowest BCUT2D eigenvalue weighted by molar-refractivity contribution is 0.143. The molecular weight excluding hydrogens is 252 g/mol. The van der Waals surface area contributed by atoms with Crippen molar-refractivity contribution in [2.24, 2.45) is 63.6 Å². The van der Waals surface area contributed by atoms with Crippen LogP contribution < -0.4 is 0 Å². The summed E-state index contributed by atoms with van der Waals surface area (Å²) in [5.74, 6) is 8.44. The highest BCUT2D eigenvalue weighted by atomic mass is 15.0. The van der Waals surface area contributed by atoms with Gasteiger partial charge in [0.15, 0.2) is 0 Å². The lowest BCUT2D eigenvalue weighted by Crippen LogP contribution is -2.27. The predicted octanol–water partition coefficient (Wildman–Crippen LogP) is 5.62. The first-order valence-electron chi connectivity index (χ1n) is 9.86. The topological polar surface area (TPSA) is 0 Å². The predicted molar refractivity (Wildman–Crippen MR) is 87.7 cm³/mol. The SMILES string of the molecule is CCC1CC12C(C)C2C1CC12C1C(C)C(C)C(C)CC12C. The maximum atomic E-state index is 2.68. The lowest BCUT2D eigenvalue weighted by Gasteiger charge is -2.35. The standard InChI is InChI=1S/C21H34/c1-7-15-9-20(15)14(5)17(20)16-10-21(16)18-13(4)12(3)11(2)8-19(18,21)6/h11-18H,7-10H2,1-6H3. The first kappa shape index (κ1) is 13.4. The van der Waals surface area contributed by atoms with Crippen LogP contribution in [0, 0.1) is 63.6 Å². The summed E-state index contributed by atoms with van der Waals surface area (Å²) in [6, 6.07) is 0. The van der Waals surface area contributed by atoms with Crippen LogP contribution in [0.25, 0.3) is 0 Å². The highest BCUT2D eigenvalue weighted by molar-refractivity contribution is 5.39.